The minimum absolute atomic E-state index is 0.0863. The summed E-state index contributed by atoms with van der Waals surface area (Å²) in [6.07, 6.45) is 0.843. The van der Waals surface area contributed by atoms with Gasteiger partial charge in [-0.1, -0.05) is 56.3 Å². The zero-order valence-electron chi connectivity index (χ0n) is 17.8. The largest absolute Gasteiger partial charge is 0.497 e. The Balaban J connectivity index is 1.72. The maximum atomic E-state index is 13.0. The molecule has 156 valence electrons. The third kappa shape index (κ3) is 6.11. The zero-order chi connectivity index (χ0) is 21.3. The topological polar surface area (TPSA) is 47.6 Å². The van der Waals surface area contributed by atoms with Gasteiger partial charge in [0.25, 0.3) is 5.91 Å². The lowest BCUT2D eigenvalue weighted by atomic mass is 9.96. The van der Waals surface area contributed by atoms with Crippen LogP contribution in [0.3, 0.4) is 0 Å². The van der Waals surface area contributed by atoms with E-state index in [1.807, 2.05) is 78.9 Å². The van der Waals surface area contributed by atoms with Crippen molar-refractivity contribution in [1.29, 1.82) is 0 Å². The summed E-state index contributed by atoms with van der Waals surface area (Å²) in [5, 5.41) is 3.20. The van der Waals surface area contributed by atoms with E-state index >= 15 is 0 Å². The molecule has 4 nitrogen and oxygen atoms in total. The molecule has 3 rings (SSSR count). The van der Waals surface area contributed by atoms with Crippen LogP contribution in [-0.2, 0) is 6.61 Å². The number of rotatable bonds is 9. The number of hydrogen-bond donors (Lipinski definition) is 1. The van der Waals surface area contributed by atoms with Gasteiger partial charge in [0, 0.05) is 5.56 Å². The van der Waals surface area contributed by atoms with E-state index in [-0.39, 0.29) is 11.9 Å². The number of nitrogens with one attached hydrogen (secondary N) is 1. The number of ether oxygens (including phenoxy) is 2. The fraction of sp³-hybridized carbons (Fsp3) is 0.269. The van der Waals surface area contributed by atoms with Gasteiger partial charge in [-0.25, -0.2) is 0 Å². The van der Waals surface area contributed by atoms with Crippen LogP contribution in [0.2, 0.25) is 0 Å². The number of hydrogen-bond acceptors (Lipinski definition) is 3. The fourth-order valence-corrected chi connectivity index (χ4v) is 3.34. The molecule has 1 unspecified atom stereocenters. The smallest absolute Gasteiger partial charge is 0.251 e. The van der Waals surface area contributed by atoms with Crippen molar-refractivity contribution in [1.82, 2.24) is 5.32 Å². The first-order valence-corrected chi connectivity index (χ1v) is 10.3. The quantitative estimate of drug-likeness (QED) is 0.492. The molecule has 30 heavy (non-hydrogen) atoms. The molecule has 0 aliphatic rings. The molecule has 0 aliphatic carbocycles. The third-order valence-corrected chi connectivity index (χ3v) is 4.85. The van der Waals surface area contributed by atoms with Crippen molar-refractivity contribution in [3.05, 3.63) is 95.6 Å². The maximum absolute atomic E-state index is 13.0. The molecule has 4 heteroatoms. The van der Waals surface area contributed by atoms with E-state index in [0.29, 0.717) is 18.1 Å². The van der Waals surface area contributed by atoms with Crippen molar-refractivity contribution in [2.75, 3.05) is 7.11 Å². The normalized spacial score (nSPS) is 11.7. The number of benzene rings is 3. The van der Waals surface area contributed by atoms with Crippen LogP contribution in [0.5, 0.6) is 11.5 Å². The second kappa shape index (κ2) is 10.5. The highest BCUT2D eigenvalue weighted by Gasteiger charge is 2.18. The molecule has 1 N–H and O–H groups in total. The van der Waals surface area contributed by atoms with Crippen LogP contribution in [0.25, 0.3) is 0 Å². The van der Waals surface area contributed by atoms with Crippen LogP contribution in [0.4, 0.5) is 0 Å². The molecular formula is C26H29NO3. The Labute approximate surface area is 178 Å². The minimum atomic E-state index is -0.0926. The van der Waals surface area contributed by atoms with Gasteiger partial charge in [0.2, 0.25) is 0 Å². The van der Waals surface area contributed by atoms with E-state index in [1.54, 1.807) is 7.11 Å². The molecule has 0 saturated carbocycles. The van der Waals surface area contributed by atoms with E-state index in [0.717, 1.165) is 29.0 Å². The molecule has 0 spiro atoms. The molecule has 0 saturated heterocycles. The van der Waals surface area contributed by atoms with Crippen LogP contribution in [0.1, 0.15) is 47.8 Å². The summed E-state index contributed by atoms with van der Waals surface area (Å²) < 4.78 is 11.2. The van der Waals surface area contributed by atoms with Gasteiger partial charge in [-0.05, 0) is 59.9 Å². The Morgan fingerprint density at radius 1 is 0.900 bits per heavy atom. The standard InChI is InChI=1S/C26H29NO3/c1-19(2)15-25(21-10-8-14-24(17-21)29-3)27-26(28)22-11-7-9-20(16-22)18-30-23-12-5-4-6-13-23/h4-14,16-17,19,25H,15,18H2,1-3H3,(H,27,28). The molecule has 0 heterocycles. The van der Waals surface area contributed by atoms with Crippen molar-refractivity contribution in [2.24, 2.45) is 5.92 Å². The first-order chi connectivity index (χ1) is 14.5. The van der Waals surface area contributed by atoms with Crippen molar-refractivity contribution >= 4 is 5.91 Å². The Morgan fingerprint density at radius 2 is 1.63 bits per heavy atom. The summed E-state index contributed by atoms with van der Waals surface area (Å²) >= 11 is 0. The highest BCUT2D eigenvalue weighted by Crippen LogP contribution is 2.25. The molecule has 0 radical (unpaired) electrons. The summed E-state index contributed by atoms with van der Waals surface area (Å²) in [6.45, 7) is 4.72. The molecule has 1 amide bonds. The number of methoxy groups -OCH3 is 1. The van der Waals surface area contributed by atoms with E-state index in [1.165, 1.54) is 0 Å². The first kappa shape index (κ1) is 21.4. The van der Waals surface area contributed by atoms with Crippen molar-refractivity contribution < 1.29 is 14.3 Å². The van der Waals surface area contributed by atoms with E-state index < -0.39 is 0 Å². The third-order valence-electron chi connectivity index (χ3n) is 4.85. The SMILES string of the molecule is COc1cccc(C(CC(C)C)NC(=O)c2cccc(COc3ccccc3)c2)c1. The summed E-state index contributed by atoms with van der Waals surface area (Å²) in [5.74, 6) is 1.94. The fourth-order valence-electron chi connectivity index (χ4n) is 3.34. The maximum Gasteiger partial charge on any atom is 0.251 e. The predicted molar refractivity (Wildman–Crippen MR) is 120 cm³/mol. The lowest BCUT2D eigenvalue weighted by Crippen LogP contribution is -2.29. The molecule has 0 fully saturated rings. The van der Waals surface area contributed by atoms with Crippen molar-refractivity contribution in [3.8, 4) is 11.5 Å². The molecule has 0 aromatic heterocycles. The van der Waals surface area contributed by atoms with E-state index in [2.05, 4.69) is 19.2 Å². The lowest BCUT2D eigenvalue weighted by molar-refractivity contribution is 0.0931. The molecule has 3 aromatic rings. The molecule has 0 aliphatic heterocycles. The molecular weight excluding hydrogens is 374 g/mol. The van der Waals surface area contributed by atoms with Gasteiger partial charge in [-0.2, -0.15) is 0 Å². The van der Waals surface area contributed by atoms with Crippen LogP contribution < -0.4 is 14.8 Å². The molecule has 3 aromatic carbocycles. The van der Waals surface area contributed by atoms with Gasteiger partial charge in [-0.3, -0.25) is 4.79 Å². The zero-order valence-corrected chi connectivity index (χ0v) is 17.8. The number of amides is 1. The highest BCUT2D eigenvalue weighted by molar-refractivity contribution is 5.94. The van der Waals surface area contributed by atoms with Gasteiger partial charge in [0.05, 0.1) is 13.2 Å². The first-order valence-electron chi connectivity index (χ1n) is 10.3. The number of carbonyl (C=O) groups excluding carboxylic acids is 1. The van der Waals surface area contributed by atoms with Gasteiger partial charge >= 0.3 is 0 Å². The highest BCUT2D eigenvalue weighted by atomic mass is 16.5. The van der Waals surface area contributed by atoms with Gasteiger partial charge in [0.15, 0.2) is 0 Å². The summed E-state index contributed by atoms with van der Waals surface area (Å²) in [4.78, 5) is 13.0. The van der Waals surface area contributed by atoms with Crippen LogP contribution in [0, 0.1) is 5.92 Å². The van der Waals surface area contributed by atoms with Gasteiger partial charge < -0.3 is 14.8 Å². The summed E-state index contributed by atoms with van der Waals surface area (Å²) in [6, 6.07) is 25.0. The number of para-hydroxylation sites is 1. The van der Waals surface area contributed by atoms with Crippen molar-refractivity contribution in [3.63, 3.8) is 0 Å². The summed E-state index contributed by atoms with van der Waals surface area (Å²) in [5.41, 5.74) is 2.62. The van der Waals surface area contributed by atoms with Crippen molar-refractivity contribution in [2.45, 2.75) is 32.9 Å². The number of carbonyl (C=O) groups is 1. The van der Waals surface area contributed by atoms with Crippen LogP contribution in [0.15, 0.2) is 78.9 Å². The predicted octanol–water partition coefficient (Wildman–Crippen LogP) is 5.79. The Bertz CT molecular complexity index is 953. The average Bonchev–Trinajstić information content (AvgIpc) is 2.78. The molecule has 0 bridgehead atoms. The van der Waals surface area contributed by atoms with Crippen LogP contribution >= 0.6 is 0 Å². The Morgan fingerprint density at radius 3 is 2.37 bits per heavy atom. The molecule has 1 atom stereocenters. The average molecular weight is 404 g/mol. The second-order valence-corrected chi connectivity index (χ2v) is 7.73. The Kier molecular flexibility index (Phi) is 7.50. The monoisotopic (exact) mass is 403 g/mol. The van der Waals surface area contributed by atoms with E-state index in [4.69, 9.17) is 9.47 Å². The van der Waals surface area contributed by atoms with Gasteiger partial charge in [0.1, 0.15) is 18.1 Å². The van der Waals surface area contributed by atoms with Crippen LogP contribution in [-0.4, -0.2) is 13.0 Å². The lowest BCUT2D eigenvalue weighted by Gasteiger charge is -2.22. The summed E-state index contributed by atoms with van der Waals surface area (Å²) in [7, 11) is 1.65. The van der Waals surface area contributed by atoms with Gasteiger partial charge in [-0.15, -0.1) is 0 Å². The Hall–Kier alpha value is -3.27. The minimum Gasteiger partial charge on any atom is -0.497 e. The van der Waals surface area contributed by atoms with E-state index in [9.17, 15) is 4.79 Å². The second-order valence-electron chi connectivity index (χ2n) is 7.73.